The van der Waals surface area contributed by atoms with Crippen LogP contribution in [0.25, 0.3) is 0 Å². The Balaban J connectivity index is 2.45. The average Bonchev–Trinajstić information content (AvgIpc) is 2.09. The van der Waals surface area contributed by atoms with E-state index in [1.165, 1.54) is 6.21 Å². The lowest BCUT2D eigenvalue weighted by molar-refractivity contribution is -0.118. The molecule has 1 heterocycles. The highest BCUT2D eigenvalue weighted by molar-refractivity contribution is 5.97. The molecule has 6 heteroatoms. The van der Waals surface area contributed by atoms with Crippen molar-refractivity contribution in [1.82, 2.24) is 4.90 Å². The van der Waals surface area contributed by atoms with E-state index in [0.717, 1.165) is 6.54 Å². The Morgan fingerprint density at radius 2 is 2.27 bits per heavy atom. The summed E-state index contributed by atoms with van der Waals surface area (Å²) in [4.78, 5) is 5.32. The second-order valence-corrected chi connectivity index (χ2v) is 3.75. The van der Waals surface area contributed by atoms with Crippen LogP contribution in [0.4, 0.5) is 13.2 Å². The van der Waals surface area contributed by atoms with Crippen molar-refractivity contribution in [2.75, 3.05) is 26.7 Å². The summed E-state index contributed by atoms with van der Waals surface area (Å²) >= 11 is 0. The average molecular weight is 221 g/mol. The van der Waals surface area contributed by atoms with Crippen LogP contribution < -0.4 is 0 Å². The van der Waals surface area contributed by atoms with Gasteiger partial charge in [0, 0.05) is 30.9 Å². The van der Waals surface area contributed by atoms with Crippen LogP contribution in [0.2, 0.25) is 0 Å². The predicted octanol–water partition coefficient (Wildman–Crippen LogP) is 1.59. The van der Waals surface area contributed by atoms with Crippen LogP contribution in [0.3, 0.4) is 0 Å². The number of likely N-dealkylation sites (tertiary alicyclic amines) is 1. The molecule has 0 radical (unpaired) electrons. The Kier molecular flexibility index (Phi) is 3.84. The van der Waals surface area contributed by atoms with Gasteiger partial charge in [0.25, 0.3) is 0 Å². The lowest BCUT2D eigenvalue weighted by Crippen LogP contribution is -2.38. The molecule has 0 aliphatic carbocycles. The van der Waals surface area contributed by atoms with E-state index in [-0.39, 0.29) is 5.92 Å². The number of halogens is 3. The summed E-state index contributed by atoms with van der Waals surface area (Å²) in [5.41, 5.74) is 0.471. The Labute approximate surface area is 86.5 Å². The molecule has 1 unspecified atom stereocenters. The molecular weight excluding hydrogens is 207 g/mol. The van der Waals surface area contributed by atoms with Gasteiger partial charge in [0.15, 0.2) is 0 Å². The van der Waals surface area contributed by atoms with Crippen LogP contribution in [-0.4, -0.2) is 49.7 Å². The first-order chi connectivity index (χ1) is 6.88. The van der Waals surface area contributed by atoms with Gasteiger partial charge in [-0.2, -0.15) is 13.2 Å². The Bertz CT molecular complexity index is 260. The van der Waals surface area contributed by atoms with Crippen molar-refractivity contribution in [3.8, 4) is 0 Å². The maximum atomic E-state index is 11.8. The Hall–Kier alpha value is -0.910. The maximum Gasteiger partial charge on any atom is 0.407 e. The van der Waals surface area contributed by atoms with Crippen LogP contribution in [0.5, 0.6) is 0 Å². The summed E-state index contributed by atoms with van der Waals surface area (Å²) in [6.45, 7) is 0.225. The summed E-state index contributed by atoms with van der Waals surface area (Å²) in [7, 11) is 1.89. The van der Waals surface area contributed by atoms with Crippen molar-refractivity contribution in [3.63, 3.8) is 0 Å². The van der Waals surface area contributed by atoms with Gasteiger partial charge in [-0.15, -0.1) is 0 Å². The van der Waals surface area contributed by atoms with Gasteiger partial charge in [0.2, 0.25) is 0 Å². The van der Waals surface area contributed by atoms with E-state index in [1.807, 2.05) is 11.9 Å². The van der Waals surface area contributed by atoms with E-state index in [2.05, 4.69) is 4.99 Å². The first kappa shape index (κ1) is 12.2. The molecule has 1 atom stereocenters. The third kappa shape index (κ3) is 4.42. The summed E-state index contributed by atoms with van der Waals surface area (Å²) in [6.07, 6.45) is -2.38. The minimum Gasteiger partial charge on any atom is -0.309 e. The zero-order valence-corrected chi connectivity index (χ0v) is 8.51. The first-order valence-corrected chi connectivity index (χ1v) is 4.71. The molecular formula is C9H14F3N3. The second-order valence-electron chi connectivity index (χ2n) is 3.75. The van der Waals surface area contributed by atoms with Gasteiger partial charge in [-0.1, -0.05) is 0 Å². The van der Waals surface area contributed by atoms with Crippen LogP contribution >= 0.6 is 0 Å². The number of rotatable bonds is 2. The third-order valence-electron chi connectivity index (χ3n) is 2.27. The van der Waals surface area contributed by atoms with Gasteiger partial charge in [-0.25, -0.2) is 0 Å². The highest BCUT2D eigenvalue weighted by Crippen LogP contribution is 2.15. The van der Waals surface area contributed by atoms with E-state index in [1.54, 1.807) is 0 Å². The molecule has 1 rings (SSSR count). The number of nitrogens with zero attached hydrogens (tertiary/aromatic N) is 2. The summed E-state index contributed by atoms with van der Waals surface area (Å²) in [5, 5.41) is 7.57. The monoisotopic (exact) mass is 221 g/mol. The van der Waals surface area contributed by atoms with Crippen molar-refractivity contribution < 1.29 is 13.2 Å². The molecule has 0 amide bonds. The van der Waals surface area contributed by atoms with Crippen LogP contribution in [0.15, 0.2) is 4.99 Å². The number of piperidine rings is 1. The predicted molar refractivity (Wildman–Crippen MR) is 52.7 cm³/mol. The molecule has 1 N–H and O–H groups in total. The fraction of sp³-hybridized carbons (Fsp3) is 0.778. The van der Waals surface area contributed by atoms with Crippen molar-refractivity contribution in [1.29, 1.82) is 5.41 Å². The summed E-state index contributed by atoms with van der Waals surface area (Å²) < 4.78 is 35.4. The van der Waals surface area contributed by atoms with E-state index in [9.17, 15) is 13.2 Å². The van der Waals surface area contributed by atoms with Gasteiger partial charge in [0.05, 0.1) is 0 Å². The van der Waals surface area contributed by atoms with Crippen molar-refractivity contribution in [2.24, 2.45) is 10.9 Å². The number of nitrogens with one attached hydrogen (secondary N) is 1. The van der Waals surface area contributed by atoms with E-state index < -0.39 is 12.7 Å². The highest BCUT2D eigenvalue weighted by atomic mass is 19.4. The topological polar surface area (TPSA) is 39.5 Å². The SMILES string of the molecule is CN1CCC(=N)C(C=NCC(F)(F)F)C1. The quantitative estimate of drug-likeness (QED) is 0.707. The molecule has 0 aromatic heterocycles. The largest absolute Gasteiger partial charge is 0.407 e. The number of aliphatic imine (C=N–C) groups is 1. The second kappa shape index (κ2) is 4.74. The molecule has 1 fully saturated rings. The number of alkyl halides is 3. The Morgan fingerprint density at radius 3 is 2.87 bits per heavy atom. The van der Waals surface area contributed by atoms with Crippen LogP contribution in [-0.2, 0) is 0 Å². The molecule has 86 valence electrons. The smallest absolute Gasteiger partial charge is 0.309 e. The molecule has 0 aromatic rings. The third-order valence-corrected chi connectivity index (χ3v) is 2.27. The van der Waals surface area contributed by atoms with Gasteiger partial charge in [-0.05, 0) is 13.5 Å². The molecule has 1 saturated heterocycles. The van der Waals surface area contributed by atoms with Crippen LogP contribution in [0, 0.1) is 11.3 Å². The van der Waals surface area contributed by atoms with Gasteiger partial charge in [-0.3, -0.25) is 4.99 Å². The van der Waals surface area contributed by atoms with Crippen molar-refractivity contribution in [2.45, 2.75) is 12.6 Å². The molecule has 1 aliphatic heterocycles. The molecule has 0 bridgehead atoms. The fourth-order valence-electron chi connectivity index (χ4n) is 1.45. The lowest BCUT2D eigenvalue weighted by atomic mass is 9.97. The summed E-state index contributed by atoms with van der Waals surface area (Å²) in [6, 6.07) is 0. The molecule has 0 spiro atoms. The zero-order chi connectivity index (χ0) is 11.5. The lowest BCUT2D eigenvalue weighted by Gasteiger charge is -2.28. The zero-order valence-electron chi connectivity index (χ0n) is 8.51. The Morgan fingerprint density at radius 1 is 1.60 bits per heavy atom. The van der Waals surface area contributed by atoms with E-state index in [4.69, 9.17) is 5.41 Å². The van der Waals surface area contributed by atoms with Crippen molar-refractivity contribution in [3.05, 3.63) is 0 Å². The highest BCUT2D eigenvalue weighted by Gasteiger charge is 2.27. The molecule has 0 aromatic carbocycles. The minimum absolute atomic E-state index is 0.258. The minimum atomic E-state index is -4.25. The van der Waals surface area contributed by atoms with Gasteiger partial charge >= 0.3 is 6.18 Å². The molecule has 1 aliphatic rings. The van der Waals surface area contributed by atoms with E-state index in [0.29, 0.717) is 18.7 Å². The maximum absolute atomic E-state index is 11.8. The molecule has 15 heavy (non-hydrogen) atoms. The standard InChI is InChI=1S/C9H14F3N3/c1-15-3-2-8(13)7(5-15)4-14-6-9(10,11)12/h4,7,13H,2-3,5-6H2,1H3. The molecule has 3 nitrogen and oxygen atoms in total. The first-order valence-electron chi connectivity index (χ1n) is 4.71. The number of hydrogen-bond acceptors (Lipinski definition) is 3. The fourth-order valence-corrected chi connectivity index (χ4v) is 1.45. The van der Waals surface area contributed by atoms with Crippen LogP contribution in [0.1, 0.15) is 6.42 Å². The normalized spacial score (nSPS) is 25.1. The summed E-state index contributed by atoms with van der Waals surface area (Å²) in [5.74, 6) is -0.258. The van der Waals surface area contributed by atoms with Gasteiger partial charge < -0.3 is 10.3 Å². The van der Waals surface area contributed by atoms with E-state index >= 15 is 0 Å². The number of hydrogen-bond donors (Lipinski definition) is 1. The van der Waals surface area contributed by atoms with Crippen molar-refractivity contribution >= 4 is 11.9 Å². The molecule has 0 saturated carbocycles. The van der Waals surface area contributed by atoms with Gasteiger partial charge in [0.1, 0.15) is 6.54 Å².